The molecule has 0 aliphatic rings. The summed E-state index contributed by atoms with van der Waals surface area (Å²) < 4.78 is 5.97. The van der Waals surface area contributed by atoms with E-state index in [-0.39, 0.29) is 30.0 Å². The van der Waals surface area contributed by atoms with Crippen LogP contribution in [0.2, 0.25) is 0 Å². The molecule has 7 heteroatoms. The number of nitrogens with one attached hydrogen (secondary N) is 1. The summed E-state index contributed by atoms with van der Waals surface area (Å²) >= 11 is 0. The standard InChI is InChI=1S/C35H41NO6/c1-24(38)7-5-3-2-4-6-8-30(39)12-9-25-10-14-33(41)34(19-25)42-18-16-26-11-13-31(40)22-32(26)28-20-27-15-17-36-35(27)29(21-28)23-37/h6,8,10-11,13-15,17,19-22,24,36-38,40-41H,2-5,7,9,12,16,18,23H2,1H3/b8-6+/t24-/m0/s1. The molecule has 42 heavy (non-hydrogen) atoms. The van der Waals surface area contributed by atoms with Gasteiger partial charge in [-0.15, -0.1) is 0 Å². The Kier molecular flexibility index (Phi) is 11.2. The van der Waals surface area contributed by atoms with Crippen molar-refractivity contribution in [1.82, 2.24) is 4.98 Å². The highest BCUT2D eigenvalue weighted by Gasteiger charge is 2.12. The van der Waals surface area contributed by atoms with E-state index < -0.39 is 0 Å². The van der Waals surface area contributed by atoms with Gasteiger partial charge in [0.15, 0.2) is 17.3 Å². The molecule has 0 saturated carbocycles. The van der Waals surface area contributed by atoms with Crippen molar-refractivity contribution in [2.75, 3.05) is 6.61 Å². The lowest BCUT2D eigenvalue weighted by Crippen LogP contribution is -2.04. The molecule has 4 aromatic rings. The fourth-order valence-electron chi connectivity index (χ4n) is 5.13. The predicted molar refractivity (Wildman–Crippen MR) is 166 cm³/mol. The lowest BCUT2D eigenvalue weighted by atomic mass is 9.95. The number of allylic oxidation sites excluding steroid dienone is 2. The molecule has 0 aliphatic heterocycles. The number of aromatic nitrogens is 1. The van der Waals surface area contributed by atoms with Crippen LogP contribution in [0.15, 0.2) is 72.9 Å². The molecular formula is C35H41NO6. The zero-order valence-electron chi connectivity index (χ0n) is 24.2. The molecule has 0 fully saturated rings. The van der Waals surface area contributed by atoms with Crippen molar-refractivity contribution < 1.29 is 30.0 Å². The summed E-state index contributed by atoms with van der Waals surface area (Å²) in [6.07, 6.45) is 11.3. The van der Waals surface area contributed by atoms with E-state index in [0.717, 1.165) is 70.8 Å². The number of carbonyl (C=O) groups is 1. The number of unbranched alkanes of at least 4 members (excludes halogenated alkanes) is 3. The third kappa shape index (κ3) is 8.71. The topological polar surface area (TPSA) is 123 Å². The molecule has 0 amide bonds. The molecule has 7 nitrogen and oxygen atoms in total. The third-order valence-electron chi connectivity index (χ3n) is 7.43. The largest absolute Gasteiger partial charge is 0.508 e. The van der Waals surface area contributed by atoms with Crippen molar-refractivity contribution >= 4 is 16.7 Å². The van der Waals surface area contributed by atoms with Crippen LogP contribution in [-0.4, -0.2) is 43.9 Å². The van der Waals surface area contributed by atoms with Crippen LogP contribution in [-0.2, 0) is 24.2 Å². The Morgan fingerprint density at radius 2 is 1.83 bits per heavy atom. The number of aromatic hydroxyl groups is 2. The number of aromatic amines is 1. The van der Waals surface area contributed by atoms with Crippen LogP contribution in [0.1, 0.15) is 62.1 Å². The number of benzene rings is 3. The summed E-state index contributed by atoms with van der Waals surface area (Å²) in [5.74, 6) is 0.620. The smallest absolute Gasteiger partial charge is 0.161 e. The van der Waals surface area contributed by atoms with Gasteiger partial charge in [-0.2, -0.15) is 0 Å². The summed E-state index contributed by atoms with van der Waals surface area (Å²) in [7, 11) is 0. The van der Waals surface area contributed by atoms with E-state index in [4.69, 9.17) is 4.74 Å². The minimum Gasteiger partial charge on any atom is -0.508 e. The van der Waals surface area contributed by atoms with E-state index in [1.165, 1.54) is 0 Å². The number of H-pyrrole nitrogens is 1. The number of hydrogen-bond donors (Lipinski definition) is 5. The fourth-order valence-corrected chi connectivity index (χ4v) is 5.13. The number of fused-ring (bicyclic) bond motifs is 1. The van der Waals surface area contributed by atoms with Gasteiger partial charge in [0.05, 0.1) is 24.8 Å². The second-order valence-corrected chi connectivity index (χ2v) is 10.8. The Hall–Kier alpha value is -4.07. The number of phenolic OH excluding ortho intramolecular Hbond substituents is 2. The predicted octanol–water partition coefficient (Wildman–Crippen LogP) is 6.75. The van der Waals surface area contributed by atoms with Gasteiger partial charge in [-0.3, -0.25) is 4.79 Å². The van der Waals surface area contributed by atoms with Crippen LogP contribution in [0.5, 0.6) is 17.2 Å². The average molecular weight is 572 g/mol. The van der Waals surface area contributed by atoms with E-state index in [9.17, 15) is 25.2 Å². The maximum absolute atomic E-state index is 12.3. The lowest BCUT2D eigenvalue weighted by Gasteiger charge is -2.14. The highest BCUT2D eigenvalue weighted by atomic mass is 16.5. The molecule has 222 valence electrons. The van der Waals surface area contributed by atoms with Crippen molar-refractivity contribution in [2.45, 2.75) is 71.0 Å². The van der Waals surface area contributed by atoms with E-state index >= 15 is 0 Å². The number of hydrogen-bond acceptors (Lipinski definition) is 6. The monoisotopic (exact) mass is 571 g/mol. The van der Waals surface area contributed by atoms with Crippen LogP contribution in [0.25, 0.3) is 22.0 Å². The van der Waals surface area contributed by atoms with Gasteiger partial charge < -0.3 is 30.1 Å². The van der Waals surface area contributed by atoms with Crippen molar-refractivity contribution in [2.24, 2.45) is 0 Å². The average Bonchev–Trinajstić information content (AvgIpc) is 3.46. The number of rotatable bonds is 16. The number of phenols is 2. The first-order valence-electron chi connectivity index (χ1n) is 14.7. The molecule has 5 N–H and O–H groups in total. The van der Waals surface area contributed by atoms with Gasteiger partial charge >= 0.3 is 0 Å². The van der Waals surface area contributed by atoms with Crippen molar-refractivity contribution in [3.05, 3.63) is 89.6 Å². The lowest BCUT2D eigenvalue weighted by molar-refractivity contribution is -0.114. The molecule has 0 aliphatic carbocycles. The van der Waals surface area contributed by atoms with Gasteiger partial charge in [-0.25, -0.2) is 0 Å². The van der Waals surface area contributed by atoms with Crippen LogP contribution >= 0.6 is 0 Å². The molecule has 0 spiro atoms. The Labute approximate surface area is 247 Å². The number of ketones is 1. The molecule has 0 bridgehead atoms. The number of aliphatic hydroxyl groups excluding tert-OH is 2. The molecule has 0 saturated heterocycles. The highest BCUT2D eigenvalue weighted by molar-refractivity contribution is 5.90. The molecule has 4 rings (SSSR count). The van der Waals surface area contributed by atoms with Gasteiger partial charge in [0.1, 0.15) is 5.75 Å². The van der Waals surface area contributed by atoms with E-state index in [1.54, 1.807) is 43.3 Å². The summed E-state index contributed by atoms with van der Waals surface area (Å²) in [6, 6.07) is 16.3. The van der Waals surface area contributed by atoms with Crippen LogP contribution in [0, 0.1) is 0 Å². The molecule has 1 atom stereocenters. The van der Waals surface area contributed by atoms with Gasteiger partial charge in [0.25, 0.3) is 0 Å². The second kappa shape index (κ2) is 15.2. The summed E-state index contributed by atoms with van der Waals surface area (Å²) in [6.45, 7) is 1.99. The number of aliphatic hydroxyl groups is 2. The van der Waals surface area contributed by atoms with Crippen molar-refractivity contribution in [1.29, 1.82) is 0 Å². The Bertz CT molecular complexity index is 1500. The van der Waals surface area contributed by atoms with E-state index in [1.807, 2.05) is 36.5 Å². The van der Waals surface area contributed by atoms with E-state index in [0.29, 0.717) is 31.6 Å². The molecule has 1 aromatic heterocycles. The quantitative estimate of drug-likeness (QED) is 0.0749. The zero-order valence-corrected chi connectivity index (χ0v) is 24.2. The highest BCUT2D eigenvalue weighted by Crippen LogP contribution is 2.33. The number of carbonyl (C=O) groups excluding carboxylic acids is 1. The normalized spacial score (nSPS) is 12.3. The van der Waals surface area contributed by atoms with Gasteiger partial charge in [-0.1, -0.05) is 31.1 Å². The first-order chi connectivity index (χ1) is 20.3. The first-order valence-corrected chi connectivity index (χ1v) is 14.7. The molecular weight excluding hydrogens is 530 g/mol. The minimum atomic E-state index is -0.252. The third-order valence-corrected chi connectivity index (χ3v) is 7.43. The number of aryl methyl sites for hydroxylation is 1. The van der Waals surface area contributed by atoms with Gasteiger partial charge in [0.2, 0.25) is 0 Å². The van der Waals surface area contributed by atoms with Crippen LogP contribution in [0.3, 0.4) is 0 Å². The summed E-state index contributed by atoms with van der Waals surface area (Å²) in [5.41, 5.74) is 5.27. The minimum absolute atomic E-state index is 0.0389. The molecule has 0 radical (unpaired) electrons. The maximum Gasteiger partial charge on any atom is 0.161 e. The Balaban J connectivity index is 1.33. The van der Waals surface area contributed by atoms with Crippen molar-refractivity contribution in [3.63, 3.8) is 0 Å². The number of ether oxygens (including phenoxy) is 1. The Morgan fingerprint density at radius 3 is 2.64 bits per heavy atom. The second-order valence-electron chi connectivity index (χ2n) is 10.8. The summed E-state index contributed by atoms with van der Waals surface area (Å²) in [5, 5.41) is 40.7. The zero-order chi connectivity index (χ0) is 29.9. The fraction of sp³-hybridized carbons (Fsp3) is 0.343. The van der Waals surface area contributed by atoms with Gasteiger partial charge in [0, 0.05) is 30.0 Å². The molecule has 1 heterocycles. The first kappa shape index (κ1) is 30.9. The molecule has 0 unspecified atom stereocenters. The Morgan fingerprint density at radius 1 is 0.976 bits per heavy atom. The SMILES string of the molecule is C[C@H](O)CCCCC/C=C/C(=O)CCc1ccc(O)c(OCCc2ccc(O)cc2-c2cc(CO)c3[nH]ccc3c2)c1. The van der Waals surface area contributed by atoms with Crippen LogP contribution < -0.4 is 4.74 Å². The van der Waals surface area contributed by atoms with Gasteiger partial charge in [-0.05, 0) is 103 Å². The molecule has 3 aromatic carbocycles. The van der Waals surface area contributed by atoms with Crippen LogP contribution in [0.4, 0.5) is 0 Å². The van der Waals surface area contributed by atoms with Crippen molar-refractivity contribution in [3.8, 4) is 28.4 Å². The maximum atomic E-state index is 12.3. The summed E-state index contributed by atoms with van der Waals surface area (Å²) in [4.78, 5) is 15.5. The van der Waals surface area contributed by atoms with E-state index in [2.05, 4.69) is 4.98 Å².